The van der Waals surface area contributed by atoms with Gasteiger partial charge in [-0.2, -0.15) is 0 Å². The summed E-state index contributed by atoms with van der Waals surface area (Å²) in [5, 5.41) is 17.3. The highest BCUT2D eigenvalue weighted by Gasteiger charge is 2.26. The van der Waals surface area contributed by atoms with Gasteiger partial charge >= 0.3 is 0 Å². The zero-order valence-electron chi connectivity index (χ0n) is 19.2. The number of hydrogen-bond acceptors (Lipinski definition) is 4. The maximum atomic E-state index is 11.7. The van der Waals surface area contributed by atoms with Gasteiger partial charge in [0.05, 0.1) is 18.8 Å². The van der Waals surface area contributed by atoms with Gasteiger partial charge in [0, 0.05) is 31.5 Å². The van der Waals surface area contributed by atoms with Crippen molar-refractivity contribution in [3.8, 4) is 5.75 Å². The lowest BCUT2D eigenvalue weighted by Crippen LogP contribution is -2.48. The predicted octanol–water partition coefficient (Wildman–Crippen LogP) is 3.80. The first-order valence-corrected chi connectivity index (χ1v) is 11.2. The summed E-state index contributed by atoms with van der Waals surface area (Å²) in [5.74, 6) is 0.779. The molecule has 0 radical (unpaired) electrons. The molecule has 31 heavy (non-hydrogen) atoms. The summed E-state index contributed by atoms with van der Waals surface area (Å²) in [7, 11) is 0. The molecule has 0 fully saturated rings. The molecule has 0 aliphatic carbocycles. The number of ether oxygens (including phenoxy) is 1. The molecule has 3 atom stereocenters. The molecular weight excluding hydrogens is 388 g/mol. The van der Waals surface area contributed by atoms with Crippen molar-refractivity contribution in [2.24, 2.45) is 5.41 Å². The molecule has 3 N–H and O–H groups in total. The van der Waals surface area contributed by atoms with E-state index in [2.05, 4.69) is 49.6 Å². The van der Waals surface area contributed by atoms with E-state index in [1.807, 2.05) is 30.3 Å². The zero-order chi connectivity index (χ0) is 22.4. The lowest BCUT2D eigenvalue weighted by Gasteiger charge is -2.30. The van der Waals surface area contributed by atoms with E-state index < -0.39 is 6.10 Å². The van der Waals surface area contributed by atoms with Crippen molar-refractivity contribution >= 4 is 5.91 Å². The smallest absolute Gasteiger partial charge is 0.217 e. The molecule has 2 aromatic rings. The van der Waals surface area contributed by atoms with Crippen LogP contribution in [0.4, 0.5) is 0 Å². The summed E-state index contributed by atoms with van der Waals surface area (Å²) in [5.41, 5.74) is 3.75. The lowest BCUT2D eigenvalue weighted by molar-refractivity contribution is -0.120. The molecule has 1 unspecified atom stereocenters. The van der Waals surface area contributed by atoms with Crippen molar-refractivity contribution in [3.05, 3.63) is 65.2 Å². The van der Waals surface area contributed by atoms with Crippen molar-refractivity contribution in [2.45, 2.75) is 65.1 Å². The number of aliphatic hydroxyl groups is 1. The van der Waals surface area contributed by atoms with Crippen molar-refractivity contribution in [3.63, 3.8) is 0 Å². The van der Waals surface area contributed by atoms with Crippen LogP contribution < -0.4 is 15.4 Å². The van der Waals surface area contributed by atoms with Gasteiger partial charge in [0.1, 0.15) is 5.75 Å². The van der Waals surface area contributed by atoms with Gasteiger partial charge in [-0.05, 0) is 35.4 Å². The number of carbonyl (C=O) groups excluding carboxylic acids is 1. The SMILES string of the molecule is CC(=O)N[C@@H](Cc1ccccc1)[C@H](O)CNC1CCOc2ccc(CC(C)(C)C)cc21. The Morgan fingerprint density at radius 1 is 1.16 bits per heavy atom. The van der Waals surface area contributed by atoms with E-state index in [-0.39, 0.29) is 23.4 Å². The first-order chi connectivity index (χ1) is 14.7. The monoisotopic (exact) mass is 424 g/mol. The molecule has 0 bridgehead atoms. The Morgan fingerprint density at radius 3 is 2.58 bits per heavy atom. The average Bonchev–Trinajstić information content (AvgIpc) is 2.71. The fourth-order valence-electron chi connectivity index (χ4n) is 4.20. The Kier molecular flexibility index (Phi) is 7.74. The Labute approximate surface area is 186 Å². The number of carbonyl (C=O) groups is 1. The molecule has 0 aromatic heterocycles. The topological polar surface area (TPSA) is 70.6 Å². The number of nitrogens with one attached hydrogen (secondary N) is 2. The van der Waals surface area contributed by atoms with Gasteiger partial charge < -0.3 is 20.5 Å². The predicted molar refractivity (Wildman–Crippen MR) is 124 cm³/mol. The Hall–Kier alpha value is -2.37. The minimum absolute atomic E-state index is 0.119. The molecule has 1 aliphatic rings. The Bertz CT molecular complexity index is 861. The van der Waals surface area contributed by atoms with E-state index in [0.29, 0.717) is 19.6 Å². The van der Waals surface area contributed by atoms with Crippen LogP contribution in [-0.2, 0) is 17.6 Å². The van der Waals surface area contributed by atoms with Gasteiger partial charge in [0.25, 0.3) is 0 Å². The third kappa shape index (κ3) is 7.08. The van der Waals surface area contributed by atoms with Gasteiger partial charge in [-0.15, -0.1) is 0 Å². The van der Waals surface area contributed by atoms with Crippen LogP contribution >= 0.6 is 0 Å². The Balaban J connectivity index is 1.68. The Morgan fingerprint density at radius 2 is 1.90 bits per heavy atom. The van der Waals surface area contributed by atoms with E-state index >= 15 is 0 Å². The molecule has 5 heteroatoms. The molecule has 5 nitrogen and oxygen atoms in total. The second-order valence-corrected chi connectivity index (χ2v) is 9.77. The van der Waals surface area contributed by atoms with Crippen molar-refractivity contribution in [2.75, 3.05) is 13.2 Å². The van der Waals surface area contributed by atoms with Crippen LogP contribution in [0.5, 0.6) is 5.75 Å². The minimum Gasteiger partial charge on any atom is -0.493 e. The van der Waals surface area contributed by atoms with Crippen molar-refractivity contribution in [1.82, 2.24) is 10.6 Å². The number of rotatable bonds is 8. The van der Waals surface area contributed by atoms with Crippen LogP contribution in [0.15, 0.2) is 48.5 Å². The first kappa shape index (κ1) is 23.3. The third-order valence-electron chi connectivity index (χ3n) is 5.57. The quantitative estimate of drug-likeness (QED) is 0.603. The van der Waals surface area contributed by atoms with E-state index in [1.54, 1.807) is 0 Å². The molecule has 0 spiro atoms. The van der Waals surface area contributed by atoms with Crippen molar-refractivity contribution in [1.29, 1.82) is 0 Å². The zero-order valence-corrected chi connectivity index (χ0v) is 19.2. The van der Waals surface area contributed by atoms with Gasteiger partial charge in [-0.25, -0.2) is 0 Å². The summed E-state index contributed by atoms with van der Waals surface area (Å²) in [6.07, 6.45) is 1.73. The van der Waals surface area contributed by atoms with Crippen LogP contribution in [0.2, 0.25) is 0 Å². The molecule has 2 aromatic carbocycles. The van der Waals surface area contributed by atoms with E-state index in [0.717, 1.165) is 29.7 Å². The van der Waals surface area contributed by atoms with Crippen LogP contribution in [0.25, 0.3) is 0 Å². The molecule has 0 saturated carbocycles. The molecule has 168 valence electrons. The molecule has 1 amide bonds. The lowest BCUT2D eigenvalue weighted by atomic mass is 9.86. The molecule has 1 aliphatic heterocycles. The average molecular weight is 425 g/mol. The molecular formula is C26H36N2O3. The number of hydrogen-bond donors (Lipinski definition) is 3. The number of aliphatic hydroxyl groups excluding tert-OH is 1. The van der Waals surface area contributed by atoms with E-state index in [9.17, 15) is 9.90 Å². The van der Waals surface area contributed by atoms with Crippen LogP contribution in [0, 0.1) is 5.41 Å². The molecule has 1 heterocycles. The maximum absolute atomic E-state index is 11.7. The summed E-state index contributed by atoms with van der Waals surface area (Å²) >= 11 is 0. The summed E-state index contributed by atoms with van der Waals surface area (Å²) in [6.45, 7) is 9.26. The molecule has 0 saturated heterocycles. The van der Waals surface area contributed by atoms with Crippen LogP contribution in [-0.4, -0.2) is 36.3 Å². The highest BCUT2D eigenvalue weighted by Crippen LogP contribution is 2.34. The standard InChI is InChI=1S/C26H36N2O3/c1-18(29)28-23(15-19-8-6-5-7-9-19)24(30)17-27-22-12-13-31-25-11-10-20(14-21(22)25)16-26(2,3)4/h5-11,14,22-24,27,30H,12-13,15-17H2,1-4H3,(H,28,29)/t22?,23-,24+/m0/s1. The fraction of sp³-hybridized carbons (Fsp3) is 0.500. The van der Waals surface area contributed by atoms with Crippen LogP contribution in [0.3, 0.4) is 0 Å². The summed E-state index contributed by atoms with van der Waals surface area (Å²) in [4.78, 5) is 11.7. The number of fused-ring (bicyclic) bond motifs is 1. The second-order valence-electron chi connectivity index (χ2n) is 9.77. The third-order valence-corrected chi connectivity index (χ3v) is 5.57. The highest BCUT2D eigenvalue weighted by atomic mass is 16.5. The fourth-order valence-corrected chi connectivity index (χ4v) is 4.20. The summed E-state index contributed by atoms with van der Waals surface area (Å²) < 4.78 is 5.87. The van der Waals surface area contributed by atoms with Gasteiger partial charge in [-0.3, -0.25) is 4.79 Å². The van der Waals surface area contributed by atoms with Gasteiger partial charge in [0.2, 0.25) is 5.91 Å². The van der Waals surface area contributed by atoms with Gasteiger partial charge in [-0.1, -0.05) is 63.2 Å². The van der Waals surface area contributed by atoms with Crippen LogP contribution in [0.1, 0.15) is 56.8 Å². The second kappa shape index (κ2) is 10.3. The summed E-state index contributed by atoms with van der Waals surface area (Å²) in [6, 6.07) is 16.2. The number of benzene rings is 2. The van der Waals surface area contributed by atoms with E-state index in [1.165, 1.54) is 12.5 Å². The molecule has 3 rings (SSSR count). The maximum Gasteiger partial charge on any atom is 0.217 e. The first-order valence-electron chi connectivity index (χ1n) is 11.2. The van der Waals surface area contributed by atoms with Crippen molar-refractivity contribution < 1.29 is 14.6 Å². The van der Waals surface area contributed by atoms with E-state index in [4.69, 9.17) is 4.74 Å². The minimum atomic E-state index is -0.701. The largest absolute Gasteiger partial charge is 0.493 e. The van der Waals surface area contributed by atoms with Gasteiger partial charge in [0.15, 0.2) is 0 Å². The normalized spacial score (nSPS) is 17.9. The number of amides is 1. The highest BCUT2D eigenvalue weighted by molar-refractivity contribution is 5.73.